The van der Waals surface area contributed by atoms with Crippen molar-refractivity contribution >= 4 is 17.3 Å². The fourth-order valence-electron chi connectivity index (χ4n) is 0.652. The van der Waals surface area contributed by atoms with Crippen molar-refractivity contribution in [3.8, 4) is 0 Å². The number of nitrogens with two attached hydrogens (primary N) is 1. The van der Waals surface area contributed by atoms with E-state index in [1.807, 2.05) is 0 Å². The lowest BCUT2D eigenvalue weighted by Crippen LogP contribution is -1.96. The van der Waals surface area contributed by atoms with Gasteiger partial charge in [0.1, 0.15) is 0 Å². The van der Waals surface area contributed by atoms with Crippen LogP contribution in [0.5, 0.6) is 0 Å². The van der Waals surface area contributed by atoms with Crippen LogP contribution in [0.2, 0.25) is 5.15 Å². The van der Waals surface area contributed by atoms with Crippen molar-refractivity contribution in [3.05, 3.63) is 23.0 Å². The first-order valence-corrected chi connectivity index (χ1v) is 3.18. The predicted molar refractivity (Wildman–Crippen MR) is 38.6 cm³/mol. The Balaban J connectivity index is 3.17. The zero-order valence-electron chi connectivity index (χ0n) is 5.39. The minimum absolute atomic E-state index is 0.0807. The molecule has 2 N–H and O–H groups in total. The molecular weight excluding hydrogens is 174 g/mol. The fourth-order valence-corrected chi connectivity index (χ4v) is 0.817. The smallest absolute Gasteiger partial charge is 0.265 e. The van der Waals surface area contributed by atoms with Crippen molar-refractivity contribution < 1.29 is 8.78 Å². The molecule has 5 heteroatoms. The van der Waals surface area contributed by atoms with Gasteiger partial charge >= 0.3 is 0 Å². The van der Waals surface area contributed by atoms with Gasteiger partial charge in [0.15, 0.2) is 5.15 Å². The molecule has 0 saturated carbocycles. The highest BCUT2D eigenvalue weighted by molar-refractivity contribution is 6.31. The number of hydrogen-bond acceptors (Lipinski definition) is 2. The van der Waals surface area contributed by atoms with E-state index in [-0.39, 0.29) is 16.4 Å². The van der Waals surface area contributed by atoms with E-state index in [1.165, 1.54) is 6.20 Å². The van der Waals surface area contributed by atoms with E-state index >= 15 is 0 Å². The van der Waals surface area contributed by atoms with Gasteiger partial charge in [-0.1, -0.05) is 11.6 Å². The Bertz CT molecular complexity index is 265. The molecule has 2 nitrogen and oxygen atoms in total. The summed E-state index contributed by atoms with van der Waals surface area (Å²) in [5.74, 6) is 0. The first kappa shape index (κ1) is 8.20. The van der Waals surface area contributed by atoms with E-state index in [0.29, 0.717) is 0 Å². The van der Waals surface area contributed by atoms with Crippen LogP contribution in [0.15, 0.2) is 12.3 Å². The molecule has 0 aliphatic carbocycles. The maximum atomic E-state index is 12.0. The highest BCUT2D eigenvalue weighted by Crippen LogP contribution is 2.28. The number of anilines is 1. The van der Waals surface area contributed by atoms with Gasteiger partial charge in [-0.25, -0.2) is 13.8 Å². The van der Waals surface area contributed by atoms with Crippen LogP contribution in [-0.2, 0) is 0 Å². The van der Waals surface area contributed by atoms with Gasteiger partial charge in [-0.15, -0.1) is 0 Å². The fraction of sp³-hybridized carbons (Fsp3) is 0.167. The summed E-state index contributed by atoms with van der Waals surface area (Å²) < 4.78 is 24.1. The maximum absolute atomic E-state index is 12.0. The number of nitrogen functional groups attached to an aromatic ring is 1. The van der Waals surface area contributed by atoms with E-state index in [4.69, 9.17) is 17.3 Å². The predicted octanol–water partition coefficient (Wildman–Crippen LogP) is 2.25. The molecule has 60 valence electrons. The summed E-state index contributed by atoms with van der Waals surface area (Å²) in [7, 11) is 0. The molecule has 1 aromatic rings. The van der Waals surface area contributed by atoms with Crippen LogP contribution in [0, 0.1) is 0 Å². The Morgan fingerprint density at radius 3 is 2.64 bits per heavy atom. The van der Waals surface area contributed by atoms with Gasteiger partial charge in [-0.2, -0.15) is 0 Å². The second-order valence-electron chi connectivity index (χ2n) is 1.91. The Kier molecular flexibility index (Phi) is 2.24. The number of aromatic nitrogens is 1. The number of hydrogen-bond donors (Lipinski definition) is 1. The normalized spacial score (nSPS) is 10.5. The lowest BCUT2D eigenvalue weighted by molar-refractivity contribution is 0.152. The van der Waals surface area contributed by atoms with Crippen molar-refractivity contribution in [2.45, 2.75) is 6.43 Å². The molecule has 0 radical (unpaired) electrons. The molecule has 1 heterocycles. The molecule has 1 aromatic heterocycles. The Morgan fingerprint density at radius 1 is 1.55 bits per heavy atom. The SMILES string of the molecule is Nc1c(C(F)F)ccnc1Cl. The zero-order chi connectivity index (χ0) is 8.43. The summed E-state index contributed by atoms with van der Waals surface area (Å²) in [5.41, 5.74) is 4.79. The van der Waals surface area contributed by atoms with Crippen molar-refractivity contribution in [2.24, 2.45) is 0 Å². The molecule has 0 aliphatic rings. The van der Waals surface area contributed by atoms with Crippen LogP contribution in [-0.4, -0.2) is 4.98 Å². The van der Waals surface area contributed by atoms with E-state index < -0.39 is 6.43 Å². The van der Waals surface area contributed by atoms with Gasteiger partial charge in [0, 0.05) is 11.8 Å². The molecule has 0 aliphatic heterocycles. The molecule has 0 aromatic carbocycles. The third-order valence-electron chi connectivity index (χ3n) is 1.21. The van der Waals surface area contributed by atoms with Crippen molar-refractivity contribution in [1.82, 2.24) is 4.98 Å². The lowest BCUT2D eigenvalue weighted by Gasteiger charge is -2.03. The molecule has 0 fully saturated rings. The van der Waals surface area contributed by atoms with Gasteiger partial charge < -0.3 is 5.73 Å². The number of halogens is 3. The van der Waals surface area contributed by atoms with E-state index in [0.717, 1.165) is 6.07 Å². The minimum Gasteiger partial charge on any atom is -0.396 e. The number of pyridine rings is 1. The summed E-state index contributed by atoms with van der Waals surface area (Å²) in [4.78, 5) is 3.53. The van der Waals surface area contributed by atoms with Crippen molar-refractivity contribution in [2.75, 3.05) is 5.73 Å². The van der Waals surface area contributed by atoms with Gasteiger partial charge in [0.05, 0.1) is 5.69 Å². The van der Waals surface area contributed by atoms with E-state index in [1.54, 1.807) is 0 Å². The van der Waals surface area contributed by atoms with E-state index in [9.17, 15) is 8.78 Å². The molecule has 1 rings (SSSR count). The number of alkyl halides is 2. The third-order valence-corrected chi connectivity index (χ3v) is 1.51. The standard InChI is InChI=1S/C6H5ClF2N2/c7-5-4(10)3(6(8)9)1-2-11-5/h1-2,6H,10H2. The van der Waals surface area contributed by atoms with Crippen molar-refractivity contribution in [1.29, 1.82) is 0 Å². The monoisotopic (exact) mass is 178 g/mol. The van der Waals surface area contributed by atoms with Crippen LogP contribution in [0.3, 0.4) is 0 Å². The van der Waals surface area contributed by atoms with Crippen LogP contribution >= 0.6 is 11.6 Å². The zero-order valence-corrected chi connectivity index (χ0v) is 6.15. The maximum Gasteiger partial charge on any atom is 0.265 e. The van der Waals surface area contributed by atoms with Crippen LogP contribution < -0.4 is 5.73 Å². The molecule has 0 unspecified atom stereocenters. The summed E-state index contributed by atoms with van der Waals surface area (Å²) >= 11 is 5.39. The van der Waals surface area contributed by atoms with Gasteiger partial charge in [-0.05, 0) is 6.07 Å². The largest absolute Gasteiger partial charge is 0.396 e. The molecule has 0 amide bonds. The van der Waals surface area contributed by atoms with Crippen LogP contribution in [0.4, 0.5) is 14.5 Å². The van der Waals surface area contributed by atoms with Gasteiger partial charge in [-0.3, -0.25) is 0 Å². The topological polar surface area (TPSA) is 38.9 Å². The quantitative estimate of drug-likeness (QED) is 0.670. The van der Waals surface area contributed by atoms with E-state index in [2.05, 4.69) is 4.98 Å². The Labute approximate surface area is 67.0 Å². The second kappa shape index (κ2) is 3.00. The minimum atomic E-state index is -2.60. The highest BCUT2D eigenvalue weighted by atomic mass is 35.5. The molecular formula is C6H5ClF2N2. The number of rotatable bonds is 1. The van der Waals surface area contributed by atoms with Crippen LogP contribution in [0.1, 0.15) is 12.0 Å². The molecule has 11 heavy (non-hydrogen) atoms. The average Bonchev–Trinajstić information content (AvgIpc) is 1.94. The summed E-state index contributed by atoms with van der Waals surface area (Å²) in [6.45, 7) is 0. The average molecular weight is 179 g/mol. The summed E-state index contributed by atoms with van der Waals surface area (Å²) in [6.07, 6.45) is -1.41. The third kappa shape index (κ3) is 1.57. The summed E-state index contributed by atoms with van der Waals surface area (Å²) in [6, 6.07) is 1.14. The Hall–Kier alpha value is -0.900. The molecule has 0 atom stereocenters. The number of nitrogens with zero attached hydrogens (tertiary/aromatic N) is 1. The molecule has 0 spiro atoms. The second-order valence-corrected chi connectivity index (χ2v) is 2.26. The summed E-state index contributed by atoms with van der Waals surface area (Å²) in [5, 5.41) is -0.0807. The highest BCUT2D eigenvalue weighted by Gasteiger charge is 2.12. The van der Waals surface area contributed by atoms with Gasteiger partial charge in [0.2, 0.25) is 0 Å². The first-order chi connectivity index (χ1) is 5.13. The van der Waals surface area contributed by atoms with Crippen molar-refractivity contribution in [3.63, 3.8) is 0 Å². The van der Waals surface area contributed by atoms with Crippen LogP contribution in [0.25, 0.3) is 0 Å². The Morgan fingerprint density at radius 2 is 2.18 bits per heavy atom. The first-order valence-electron chi connectivity index (χ1n) is 2.81. The molecule has 0 saturated heterocycles. The molecule has 0 bridgehead atoms. The van der Waals surface area contributed by atoms with Gasteiger partial charge in [0.25, 0.3) is 6.43 Å². The lowest BCUT2D eigenvalue weighted by atomic mass is 10.2.